The van der Waals surface area contributed by atoms with Gasteiger partial charge in [0, 0.05) is 21.7 Å². The van der Waals surface area contributed by atoms with E-state index in [0.717, 1.165) is 18.2 Å². The minimum absolute atomic E-state index is 0.0174. The molecule has 0 fully saturated rings. The van der Waals surface area contributed by atoms with Crippen LogP contribution in [-0.2, 0) is 21.4 Å². The average molecular weight is 603 g/mol. The molecule has 0 bridgehead atoms. The van der Waals surface area contributed by atoms with Crippen LogP contribution in [0.4, 0.5) is 28.9 Å². The zero-order chi connectivity index (χ0) is 29.7. The molecule has 0 saturated carbocycles. The lowest BCUT2D eigenvalue weighted by atomic mass is 10.1. The summed E-state index contributed by atoms with van der Waals surface area (Å²) in [6.07, 6.45) is -0.234. The number of anilines is 2. The molecule has 0 heterocycles. The van der Waals surface area contributed by atoms with Crippen molar-refractivity contribution in [1.29, 1.82) is 0 Å². The number of phenolic OH excluding ortho intramolecular Hbond substituents is 1. The third-order valence-electron chi connectivity index (χ3n) is 5.29. The minimum Gasteiger partial charge on any atom is -0.506 e. The van der Waals surface area contributed by atoms with Crippen LogP contribution in [-0.4, -0.2) is 41.3 Å². The fourth-order valence-electron chi connectivity index (χ4n) is 3.35. The van der Waals surface area contributed by atoms with Crippen LogP contribution in [0.1, 0.15) is 29.3 Å². The molecule has 0 aliphatic heterocycles. The number of sulfonamides is 1. The number of phenols is 1. The summed E-state index contributed by atoms with van der Waals surface area (Å²) in [7, 11) is -4.42. The van der Waals surface area contributed by atoms with Crippen molar-refractivity contribution < 1.29 is 50.5 Å². The Hall–Kier alpha value is -3.98. The molecule has 0 aliphatic carbocycles. The maximum absolute atomic E-state index is 14.6. The number of benzene rings is 3. The van der Waals surface area contributed by atoms with E-state index in [-0.39, 0.29) is 57.9 Å². The van der Waals surface area contributed by atoms with Crippen LogP contribution < -0.4 is 14.8 Å². The highest BCUT2D eigenvalue weighted by Gasteiger charge is 2.31. The van der Waals surface area contributed by atoms with Gasteiger partial charge < -0.3 is 20.3 Å². The number of carbonyl (C=O) groups is 2. The van der Waals surface area contributed by atoms with Gasteiger partial charge >= 0.3 is 11.5 Å². The molecule has 1 atom stereocenters. The second-order valence-corrected chi connectivity index (χ2v) is 11.2. The van der Waals surface area contributed by atoms with Crippen LogP contribution in [0.15, 0.2) is 65.6 Å². The van der Waals surface area contributed by atoms with Gasteiger partial charge in [-0.1, -0.05) is 13.0 Å². The number of thioether (sulfide) groups is 1. The molecule has 1 amide bonds. The van der Waals surface area contributed by atoms with Gasteiger partial charge in [-0.05, 0) is 72.8 Å². The van der Waals surface area contributed by atoms with Crippen LogP contribution >= 0.6 is 11.8 Å². The van der Waals surface area contributed by atoms with Gasteiger partial charge in [-0.3, -0.25) is 14.3 Å². The van der Waals surface area contributed by atoms with Crippen LogP contribution in [0, 0.1) is 5.82 Å². The second-order valence-electron chi connectivity index (χ2n) is 8.18. The molecule has 3 rings (SSSR count). The standard InChI is InChI=1S/C25H22F4N2O7S2/c1-2-22(24(34)35)40(36,37)31-20-12-16(5-10-21(20)32)30-23(33)14-3-4-15(19(26)11-14)13-38-17-6-8-18(9-7-17)39-25(27,28)29/h3-12,22,31-32H,2,13H2,1H3,(H,30,33)(H,34,35). The Bertz CT molecular complexity index is 1500. The highest BCUT2D eigenvalue weighted by atomic mass is 32.2. The molecule has 0 saturated heterocycles. The van der Waals surface area contributed by atoms with Crippen molar-refractivity contribution in [3.05, 3.63) is 77.6 Å². The Kier molecular flexibility index (Phi) is 9.52. The van der Waals surface area contributed by atoms with Gasteiger partial charge in [0.05, 0.1) is 5.69 Å². The predicted molar refractivity (Wildman–Crippen MR) is 139 cm³/mol. The summed E-state index contributed by atoms with van der Waals surface area (Å²) in [4.78, 5) is 23.8. The first-order valence-corrected chi connectivity index (χ1v) is 13.7. The Morgan fingerprint density at radius 2 is 1.73 bits per heavy atom. The number of carboxylic acids is 1. The number of ether oxygens (including phenoxy) is 1. The van der Waals surface area contributed by atoms with E-state index >= 15 is 0 Å². The average Bonchev–Trinajstić information content (AvgIpc) is 2.85. The van der Waals surface area contributed by atoms with Gasteiger partial charge in [-0.25, -0.2) is 12.8 Å². The Labute approximate surface area is 230 Å². The molecule has 214 valence electrons. The fraction of sp³-hybridized carbons (Fsp3) is 0.200. The summed E-state index contributed by atoms with van der Waals surface area (Å²) in [6, 6.07) is 11.9. The van der Waals surface area contributed by atoms with Crippen molar-refractivity contribution in [2.24, 2.45) is 0 Å². The van der Waals surface area contributed by atoms with E-state index < -0.39 is 44.2 Å². The SMILES string of the molecule is CCC(C(=O)O)S(=O)(=O)Nc1cc(NC(=O)c2ccc(COc3ccc(SC(F)(F)F)cc3)c(F)c2)ccc1O. The van der Waals surface area contributed by atoms with Crippen LogP contribution in [0.3, 0.4) is 0 Å². The van der Waals surface area contributed by atoms with Crippen molar-refractivity contribution >= 4 is 45.0 Å². The summed E-state index contributed by atoms with van der Waals surface area (Å²) in [5, 5.41) is 19.8. The number of aliphatic carboxylic acids is 1. The van der Waals surface area contributed by atoms with Crippen molar-refractivity contribution in [3.8, 4) is 11.5 Å². The normalized spacial score (nSPS) is 12.4. The number of carboxylic acid groups (broad SMARTS) is 1. The number of hydrogen-bond donors (Lipinski definition) is 4. The van der Waals surface area contributed by atoms with E-state index in [1.807, 2.05) is 4.72 Å². The zero-order valence-electron chi connectivity index (χ0n) is 20.5. The number of aromatic hydroxyl groups is 1. The summed E-state index contributed by atoms with van der Waals surface area (Å²) in [5.74, 6) is -3.46. The van der Waals surface area contributed by atoms with Gasteiger partial charge in [0.15, 0.2) is 5.25 Å². The van der Waals surface area contributed by atoms with Crippen molar-refractivity contribution in [1.82, 2.24) is 0 Å². The fourth-order valence-corrected chi connectivity index (χ4v) is 5.21. The number of hydrogen-bond acceptors (Lipinski definition) is 7. The monoisotopic (exact) mass is 602 g/mol. The Morgan fingerprint density at radius 1 is 1.05 bits per heavy atom. The first kappa shape index (κ1) is 30.6. The van der Waals surface area contributed by atoms with Gasteiger partial charge in [-0.2, -0.15) is 13.2 Å². The molecular weight excluding hydrogens is 580 g/mol. The second kappa shape index (κ2) is 12.5. The van der Waals surface area contributed by atoms with Gasteiger partial charge in [-0.15, -0.1) is 0 Å². The third kappa shape index (κ3) is 8.26. The molecule has 1 unspecified atom stereocenters. The summed E-state index contributed by atoms with van der Waals surface area (Å²) >= 11 is -0.280. The van der Waals surface area contributed by atoms with Gasteiger partial charge in [0.25, 0.3) is 5.91 Å². The summed E-state index contributed by atoms with van der Waals surface area (Å²) in [5.41, 5.74) is -4.83. The lowest BCUT2D eigenvalue weighted by Crippen LogP contribution is -2.34. The molecule has 3 aromatic carbocycles. The highest BCUT2D eigenvalue weighted by Crippen LogP contribution is 2.37. The van der Waals surface area contributed by atoms with E-state index in [1.165, 1.54) is 49.4 Å². The Morgan fingerprint density at radius 3 is 2.30 bits per heavy atom. The zero-order valence-corrected chi connectivity index (χ0v) is 22.2. The van der Waals surface area contributed by atoms with Crippen molar-refractivity contribution in [2.45, 2.75) is 35.6 Å². The molecule has 0 spiro atoms. The van der Waals surface area contributed by atoms with Crippen molar-refractivity contribution in [3.63, 3.8) is 0 Å². The molecular formula is C25H22F4N2O7S2. The van der Waals surface area contributed by atoms with Crippen LogP contribution in [0.5, 0.6) is 11.5 Å². The molecule has 15 heteroatoms. The van der Waals surface area contributed by atoms with Crippen LogP contribution in [0.25, 0.3) is 0 Å². The first-order chi connectivity index (χ1) is 18.7. The minimum atomic E-state index is -4.43. The lowest BCUT2D eigenvalue weighted by Gasteiger charge is -2.15. The molecule has 0 aliphatic rings. The van der Waals surface area contributed by atoms with Gasteiger partial charge in [0.2, 0.25) is 10.0 Å². The third-order valence-corrected chi connectivity index (χ3v) is 7.82. The molecule has 40 heavy (non-hydrogen) atoms. The number of amides is 1. The predicted octanol–water partition coefficient (Wildman–Crippen LogP) is 5.58. The molecule has 4 N–H and O–H groups in total. The largest absolute Gasteiger partial charge is 0.506 e. The maximum atomic E-state index is 14.6. The van der Waals surface area contributed by atoms with E-state index in [1.54, 1.807) is 0 Å². The van der Waals surface area contributed by atoms with E-state index in [0.29, 0.717) is 0 Å². The van der Waals surface area contributed by atoms with E-state index in [2.05, 4.69) is 5.32 Å². The number of carbonyl (C=O) groups excluding carboxylic acids is 1. The molecule has 0 radical (unpaired) electrons. The molecule has 0 aromatic heterocycles. The number of rotatable bonds is 11. The quantitative estimate of drug-likeness (QED) is 0.0965. The number of halogens is 4. The van der Waals surface area contributed by atoms with Crippen LogP contribution in [0.2, 0.25) is 0 Å². The van der Waals surface area contributed by atoms with E-state index in [9.17, 15) is 40.7 Å². The molecule has 9 nitrogen and oxygen atoms in total. The summed E-state index contributed by atoms with van der Waals surface area (Å²) < 4.78 is 84.1. The van der Waals surface area contributed by atoms with Gasteiger partial charge in [0.1, 0.15) is 23.9 Å². The Balaban J connectivity index is 1.66. The first-order valence-electron chi connectivity index (χ1n) is 11.3. The summed E-state index contributed by atoms with van der Waals surface area (Å²) in [6.45, 7) is 1.10. The maximum Gasteiger partial charge on any atom is 0.446 e. The molecule has 3 aromatic rings. The number of alkyl halides is 3. The number of nitrogens with one attached hydrogen (secondary N) is 2. The topological polar surface area (TPSA) is 142 Å². The smallest absolute Gasteiger partial charge is 0.446 e. The highest BCUT2D eigenvalue weighted by molar-refractivity contribution is 8.00. The lowest BCUT2D eigenvalue weighted by molar-refractivity contribution is -0.136. The van der Waals surface area contributed by atoms with Crippen molar-refractivity contribution in [2.75, 3.05) is 10.0 Å². The van der Waals surface area contributed by atoms with E-state index in [4.69, 9.17) is 9.84 Å².